The highest BCUT2D eigenvalue weighted by Gasteiger charge is 2.32. The summed E-state index contributed by atoms with van der Waals surface area (Å²) in [5.41, 5.74) is 2.61. The van der Waals surface area contributed by atoms with Crippen molar-refractivity contribution in [2.45, 2.75) is 31.8 Å². The summed E-state index contributed by atoms with van der Waals surface area (Å²) in [6.45, 7) is 0.465. The molecule has 0 N–H and O–H groups in total. The summed E-state index contributed by atoms with van der Waals surface area (Å²) in [5.74, 6) is -0.423. The van der Waals surface area contributed by atoms with E-state index in [1.54, 1.807) is 31.4 Å². The third-order valence-corrected chi connectivity index (χ3v) is 6.10. The number of hydrogen-bond donors (Lipinski definition) is 0. The van der Waals surface area contributed by atoms with E-state index in [1.807, 2.05) is 24.3 Å². The van der Waals surface area contributed by atoms with Gasteiger partial charge >= 0.3 is 0 Å². The van der Waals surface area contributed by atoms with Crippen LogP contribution in [0.15, 0.2) is 59.8 Å². The van der Waals surface area contributed by atoms with Gasteiger partial charge in [0.2, 0.25) is 5.91 Å². The zero-order chi connectivity index (χ0) is 24.2. The van der Waals surface area contributed by atoms with E-state index in [0.717, 1.165) is 29.8 Å². The maximum Gasteiger partial charge on any atom is 0.255 e. The smallest absolute Gasteiger partial charge is 0.255 e. The average Bonchev–Trinajstić information content (AvgIpc) is 3.30. The van der Waals surface area contributed by atoms with E-state index in [2.05, 4.69) is 4.98 Å². The number of carbonyl (C=O) groups is 2. The van der Waals surface area contributed by atoms with Gasteiger partial charge in [-0.15, -0.1) is 0 Å². The number of rotatable bonds is 6. The number of likely N-dealkylation sites (tertiary alicyclic amines) is 1. The van der Waals surface area contributed by atoms with Crippen molar-refractivity contribution in [3.63, 3.8) is 0 Å². The molecular formula is C25H26ClN5O3. The molecule has 34 heavy (non-hydrogen) atoms. The minimum Gasteiger partial charge on any atom is -0.347 e. The van der Waals surface area contributed by atoms with Crippen molar-refractivity contribution in [2.24, 2.45) is 0 Å². The lowest BCUT2D eigenvalue weighted by Crippen LogP contribution is -2.34. The van der Waals surface area contributed by atoms with Crippen molar-refractivity contribution in [3.8, 4) is 0 Å². The van der Waals surface area contributed by atoms with Gasteiger partial charge in [0, 0.05) is 50.5 Å². The fraction of sp³-hybridized carbons (Fsp3) is 0.320. The maximum atomic E-state index is 13.4. The van der Waals surface area contributed by atoms with Crippen LogP contribution in [0.1, 0.15) is 46.2 Å². The fourth-order valence-electron chi connectivity index (χ4n) is 4.08. The van der Waals surface area contributed by atoms with Crippen LogP contribution >= 0.6 is 11.6 Å². The predicted molar refractivity (Wildman–Crippen MR) is 129 cm³/mol. The van der Waals surface area contributed by atoms with Crippen molar-refractivity contribution >= 4 is 23.4 Å². The highest BCUT2D eigenvalue weighted by molar-refractivity contribution is 6.30. The second-order valence-corrected chi connectivity index (χ2v) is 9.01. The first-order valence-electron chi connectivity index (χ1n) is 11.1. The molecule has 0 unspecified atom stereocenters. The first-order chi connectivity index (χ1) is 16.3. The molecule has 2 amide bonds. The normalized spacial score (nSPS) is 15.4. The highest BCUT2D eigenvalue weighted by atomic mass is 35.5. The Morgan fingerprint density at radius 2 is 2.00 bits per heavy atom. The van der Waals surface area contributed by atoms with Gasteiger partial charge in [0.15, 0.2) is 0 Å². The largest absolute Gasteiger partial charge is 0.347 e. The molecule has 1 aliphatic rings. The van der Waals surface area contributed by atoms with E-state index in [9.17, 15) is 14.4 Å². The number of carbonyl (C=O) groups excluding carboxylic acids is 2. The number of benzene rings is 1. The first kappa shape index (κ1) is 23.6. The molecule has 4 rings (SSSR count). The summed E-state index contributed by atoms with van der Waals surface area (Å²) in [6.07, 6.45) is 7.10. The molecule has 3 aromatic rings. The average molecular weight is 480 g/mol. The van der Waals surface area contributed by atoms with Crippen LogP contribution in [0.25, 0.3) is 0 Å². The molecule has 1 atom stereocenters. The van der Waals surface area contributed by atoms with Gasteiger partial charge in [-0.2, -0.15) is 0 Å². The van der Waals surface area contributed by atoms with Gasteiger partial charge in [-0.25, -0.2) is 0 Å². The van der Waals surface area contributed by atoms with Crippen LogP contribution < -0.4 is 5.56 Å². The molecule has 3 heterocycles. The molecule has 2 aromatic heterocycles. The number of amides is 2. The van der Waals surface area contributed by atoms with E-state index in [4.69, 9.17) is 16.6 Å². The quantitative estimate of drug-likeness (QED) is 0.542. The van der Waals surface area contributed by atoms with Crippen LogP contribution in [0, 0.1) is 0 Å². The summed E-state index contributed by atoms with van der Waals surface area (Å²) in [6, 6.07) is 10.2. The van der Waals surface area contributed by atoms with E-state index in [0.29, 0.717) is 23.6 Å². The van der Waals surface area contributed by atoms with Gasteiger partial charge in [0.05, 0.1) is 29.2 Å². The summed E-state index contributed by atoms with van der Waals surface area (Å²) < 4.78 is 1.27. The monoisotopic (exact) mass is 479 g/mol. The van der Waals surface area contributed by atoms with Crippen LogP contribution in [0.5, 0.6) is 0 Å². The highest BCUT2D eigenvalue weighted by Crippen LogP contribution is 2.32. The third kappa shape index (κ3) is 5.34. The predicted octanol–water partition coefficient (Wildman–Crippen LogP) is 2.95. The Morgan fingerprint density at radius 3 is 2.76 bits per heavy atom. The van der Waals surface area contributed by atoms with Gasteiger partial charge in [-0.3, -0.25) is 24.4 Å². The molecule has 176 valence electrons. The van der Waals surface area contributed by atoms with Gasteiger partial charge in [-0.05, 0) is 36.6 Å². The number of nitrogens with zero attached hydrogens (tertiary/aromatic N) is 5. The zero-order valence-corrected chi connectivity index (χ0v) is 19.9. The molecule has 1 saturated heterocycles. The Balaban J connectivity index is 1.55. The van der Waals surface area contributed by atoms with Crippen LogP contribution in [0.3, 0.4) is 0 Å². The van der Waals surface area contributed by atoms with Crippen LogP contribution in [-0.2, 0) is 17.8 Å². The Bertz CT molecular complexity index is 1270. The number of halogens is 1. The van der Waals surface area contributed by atoms with E-state index < -0.39 is 0 Å². The maximum absolute atomic E-state index is 13.4. The van der Waals surface area contributed by atoms with Gasteiger partial charge < -0.3 is 14.4 Å². The summed E-state index contributed by atoms with van der Waals surface area (Å²) in [5, 5.41) is 0.669. The molecule has 9 heteroatoms. The number of aromatic nitrogens is 3. The molecule has 0 saturated carbocycles. The first-order valence-corrected chi connectivity index (χ1v) is 11.5. The molecule has 1 aromatic carbocycles. The molecule has 0 aliphatic carbocycles. The summed E-state index contributed by atoms with van der Waals surface area (Å²) in [7, 11) is 3.25. The van der Waals surface area contributed by atoms with Gasteiger partial charge in [0.25, 0.3) is 11.5 Å². The molecule has 8 nitrogen and oxygen atoms in total. The van der Waals surface area contributed by atoms with Crippen LogP contribution in [0.4, 0.5) is 0 Å². The third-order valence-electron chi connectivity index (χ3n) is 5.87. The molecule has 0 bridgehead atoms. The summed E-state index contributed by atoms with van der Waals surface area (Å²) >= 11 is 6.10. The lowest BCUT2D eigenvalue weighted by atomic mass is 10.1. The molecule has 1 aliphatic heterocycles. The summed E-state index contributed by atoms with van der Waals surface area (Å²) in [4.78, 5) is 50.0. The Kier molecular flexibility index (Phi) is 7.07. The fourth-order valence-corrected chi connectivity index (χ4v) is 4.29. The van der Waals surface area contributed by atoms with E-state index in [-0.39, 0.29) is 30.0 Å². The van der Waals surface area contributed by atoms with Crippen molar-refractivity contribution in [1.29, 1.82) is 0 Å². The number of likely N-dealkylation sites (N-methyl/N-ethyl adjacent to an activating group) is 1. The topological polar surface area (TPSA) is 88.4 Å². The van der Waals surface area contributed by atoms with Crippen molar-refractivity contribution in [2.75, 3.05) is 20.6 Å². The van der Waals surface area contributed by atoms with E-state index >= 15 is 0 Å². The molecule has 1 fully saturated rings. The minimum atomic E-state index is -0.329. The second-order valence-electron chi connectivity index (χ2n) is 8.57. The number of hydrogen-bond acceptors (Lipinski definition) is 5. The molecule has 0 spiro atoms. The Hall–Kier alpha value is -3.52. The number of pyridine rings is 1. The van der Waals surface area contributed by atoms with Crippen molar-refractivity contribution in [3.05, 3.63) is 92.9 Å². The van der Waals surface area contributed by atoms with Crippen LogP contribution in [-0.4, -0.2) is 56.8 Å². The lowest BCUT2D eigenvalue weighted by Gasteiger charge is -2.25. The minimum absolute atomic E-state index is 0.118. The molecular weight excluding hydrogens is 454 g/mol. The molecule has 0 radical (unpaired) electrons. The SMILES string of the molecule is CN(C)C(=O)Cn1cc(C(=O)N2CCC[C@H]2c2cncc(Cc3cccc(Cl)c3)n2)ccc1=O. The van der Waals surface area contributed by atoms with Crippen LogP contribution in [0.2, 0.25) is 5.02 Å². The van der Waals surface area contributed by atoms with E-state index in [1.165, 1.54) is 27.8 Å². The second kappa shape index (κ2) is 10.2. The Morgan fingerprint density at radius 1 is 1.18 bits per heavy atom. The van der Waals surface area contributed by atoms with Gasteiger partial charge in [-0.1, -0.05) is 23.7 Å². The zero-order valence-electron chi connectivity index (χ0n) is 19.1. The van der Waals surface area contributed by atoms with Crippen molar-refractivity contribution in [1.82, 2.24) is 24.3 Å². The Labute approximate surface area is 202 Å². The van der Waals surface area contributed by atoms with Gasteiger partial charge in [0.1, 0.15) is 6.54 Å². The van der Waals surface area contributed by atoms with Crippen molar-refractivity contribution < 1.29 is 9.59 Å². The lowest BCUT2D eigenvalue weighted by molar-refractivity contribution is -0.129. The standard InChI is InChI=1S/C25H26ClN5O3/c1-29(2)24(33)16-30-15-18(8-9-23(30)32)25(34)31-10-4-7-22(31)21-14-27-13-20(28-21)12-17-5-3-6-19(26)11-17/h3,5-6,8-9,11,13-15,22H,4,7,10,12,16H2,1-2H3/t22-/m0/s1.